The molecular weight excluding hydrogens is 220 g/mol. The van der Waals surface area contributed by atoms with Gasteiger partial charge in [-0.15, -0.1) is 0 Å². The first-order valence-corrected chi connectivity index (χ1v) is 5.49. The second kappa shape index (κ2) is 5.29. The van der Waals surface area contributed by atoms with Crippen molar-refractivity contribution in [2.24, 2.45) is 0 Å². The standard InChI is InChI=1S/C11H14N4O2/c1-2-17-10(16)4-5-12-11-9-3-6-14-15(9)8-7-13-11/h3,6-8H,2,4-5H2,1H3,(H,12,13). The quantitative estimate of drug-likeness (QED) is 0.784. The number of fused-ring (bicyclic) bond motifs is 1. The molecular formula is C11H14N4O2. The molecule has 0 amide bonds. The molecule has 2 aromatic rings. The fraction of sp³-hybridized carbons (Fsp3) is 0.364. The van der Waals surface area contributed by atoms with Crippen LogP contribution in [0.3, 0.4) is 0 Å². The van der Waals surface area contributed by atoms with E-state index in [1.165, 1.54) is 0 Å². The Morgan fingerprint density at radius 3 is 3.24 bits per heavy atom. The van der Waals surface area contributed by atoms with Gasteiger partial charge in [-0.1, -0.05) is 0 Å². The van der Waals surface area contributed by atoms with E-state index in [1.54, 1.807) is 30.0 Å². The Kier molecular flexibility index (Phi) is 3.54. The Bertz CT molecular complexity index is 509. The Morgan fingerprint density at radius 1 is 1.53 bits per heavy atom. The topological polar surface area (TPSA) is 68.5 Å². The third-order valence-electron chi connectivity index (χ3n) is 2.25. The number of carbonyl (C=O) groups is 1. The third kappa shape index (κ3) is 2.72. The second-order valence-corrected chi connectivity index (χ2v) is 3.42. The molecule has 0 aliphatic heterocycles. The lowest BCUT2D eigenvalue weighted by atomic mass is 10.4. The molecule has 1 N–H and O–H groups in total. The minimum atomic E-state index is -0.208. The van der Waals surface area contributed by atoms with Gasteiger partial charge in [-0.2, -0.15) is 5.10 Å². The van der Waals surface area contributed by atoms with E-state index in [0.717, 1.165) is 5.52 Å². The minimum Gasteiger partial charge on any atom is -0.466 e. The molecule has 0 radical (unpaired) electrons. The van der Waals surface area contributed by atoms with Crippen molar-refractivity contribution in [2.75, 3.05) is 18.5 Å². The van der Waals surface area contributed by atoms with Crippen LogP contribution in [-0.4, -0.2) is 33.7 Å². The van der Waals surface area contributed by atoms with Crippen LogP contribution in [-0.2, 0) is 9.53 Å². The first-order valence-electron chi connectivity index (χ1n) is 5.49. The van der Waals surface area contributed by atoms with Gasteiger partial charge in [0.1, 0.15) is 5.52 Å². The number of hydrogen-bond acceptors (Lipinski definition) is 5. The van der Waals surface area contributed by atoms with Gasteiger partial charge in [0.25, 0.3) is 0 Å². The largest absolute Gasteiger partial charge is 0.466 e. The number of esters is 1. The van der Waals surface area contributed by atoms with E-state index >= 15 is 0 Å². The van der Waals surface area contributed by atoms with Crippen LogP contribution in [0.1, 0.15) is 13.3 Å². The third-order valence-corrected chi connectivity index (χ3v) is 2.25. The predicted octanol–water partition coefficient (Wildman–Crippen LogP) is 1.09. The van der Waals surface area contributed by atoms with E-state index in [1.807, 2.05) is 6.07 Å². The molecule has 2 heterocycles. The van der Waals surface area contributed by atoms with Gasteiger partial charge in [0.05, 0.1) is 19.2 Å². The Labute approximate surface area is 98.6 Å². The second-order valence-electron chi connectivity index (χ2n) is 3.42. The van der Waals surface area contributed by atoms with E-state index in [-0.39, 0.29) is 5.97 Å². The number of ether oxygens (including phenoxy) is 1. The summed E-state index contributed by atoms with van der Waals surface area (Å²) >= 11 is 0. The summed E-state index contributed by atoms with van der Waals surface area (Å²) in [4.78, 5) is 15.3. The van der Waals surface area contributed by atoms with Crippen molar-refractivity contribution in [3.63, 3.8) is 0 Å². The fourth-order valence-electron chi connectivity index (χ4n) is 1.51. The van der Waals surface area contributed by atoms with Gasteiger partial charge in [-0.25, -0.2) is 9.50 Å². The molecule has 0 fully saturated rings. The van der Waals surface area contributed by atoms with Crippen LogP contribution in [0.2, 0.25) is 0 Å². The Balaban J connectivity index is 1.95. The lowest BCUT2D eigenvalue weighted by Gasteiger charge is -2.06. The van der Waals surface area contributed by atoms with E-state index in [2.05, 4.69) is 15.4 Å². The first-order chi connectivity index (χ1) is 8.31. The maximum absolute atomic E-state index is 11.1. The van der Waals surface area contributed by atoms with Crippen molar-refractivity contribution >= 4 is 17.3 Å². The normalized spacial score (nSPS) is 10.4. The number of carbonyl (C=O) groups excluding carboxylic acids is 1. The SMILES string of the molecule is CCOC(=O)CCNc1nccn2nccc12. The number of nitrogens with one attached hydrogen (secondary N) is 1. The molecule has 0 aliphatic carbocycles. The van der Waals surface area contributed by atoms with Crippen LogP contribution in [0.25, 0.3) is 5.52 Å². The lowest BCUT2D eigenvalue weighted by Crippen LogP contribution is -2.12. The zero-order valence-electron chi connectivity index (χ0n) is 9.59. The smallest absolute Gasteiger partial charge is 0.307 e. The first kappa shape index (κ1) is 11.4. The highest BCUT2D eigenvalue weighted by atomic mass is 16.5. The highest BCUT2D eigenvalue weighted by Gasteiger charge is 2.04. The van der Waals surface area contributed by atoms with Crippen LogP contribution in [0, 0.1) is 0 Å². The molecule has 6 heteroatoms. The monoisotopic (exact) mass is 234 g/mol. The molecule has 0 saturated carbocycles. The molecule has 0 aliphatic rings. The highest BCUT2D eigenvalue weighted by molar-refractivity contribution is 5.71. The average molecular weight is 234 g/mol. The van der Waals surface area contributed by atoms with Gasteiger partial charge in [-0.05, 0) is 13.0 Å². The average Bonchev–Trinajstić information content (AvgIpc) is 2.78. The van der Waals surface area contributed by atoms with Crippen molar-refractivity contribution in [3.05, 3.63) is 24.7 Å². The molecule has 90 valence electrons. The summed E-state index contributed by atoms with van der Waals surface area (Å²) in [5.41, 5.74) is 0.886. The summed E-state index contributed by atoms with van der Waals surface area (Å²) in [6.45, 7) is 2.70. The number of hydrogen-bond donors (Lipinski definition) is 1. The molecule has 2 aromatic heterocycles. The maximum Gasteiger partial charge on any atom is 0.307 e. The predicted molar refractivity (Wildman–Crippen MR) is 62.7 cm³/mol. The van der Waals surface area contributed by atoms with Crippen LogP contribution in [0.15, 0.2) is 24.7 Å². The summed E-state index contributed by atoms with van der Waals surface area (Å²) < 4.78 is 6.56. The van der Waals surface area contributed by atoms with E-state index in [0.29, 0.717) is 25.4 Å². The highest BCUT2D eigenvalue weighted by Crippen LogP contribution is 2.11. The number of anilines is 1. The summed E-state index contributed by atoms with van der Waals surface area (Å²) in [6.07, 6.45) is 5.46. The molecule has 0 bridgehead atoms. The summed E-state index contributed by atoms with van der Waals surface area (Å²) in [6, 6.07) is 1.86. The van der Waals surface area contributed by atoms with Crippen molar-refractivity contribution in [1.29, 1.82) is 0 Å². The maximum atomic E-state index is 11.1. The molecule has 2 rings (SSSR count). The van der Waals surface area contributed by atoms with Gasteiger partial charge < -0.3 is 10.1 Å². The summed E-state index contributed by atoms with van der Waals surface area (Å²) in [7, 11) is 0. The van der Waals surface area contributed by atoms with Crippen molar-refractivity contribution in [3.8, 4) is 0 Å². The van der Waals surface area contributed by atoms with Crippen LogP contribution in [0.4, 0.5) is 5.82 Å². The van der Waals surface area contributed by atoms with Crippen LogP contribution >= 0.6 is 0 Å². The molecule has 0 unspecified atom stereocenters. The Hall–Kier alpha value is -2.11. The molecule has 6 nitrogen and oxygen atoms in total. The van der Waals surface area contributed by atoms with Crippen molar-refractivity contribution in [2.45, 2.75) is 13.3 Å². The number of nitrogens with zero attached hydrogens (tertiary/aromatic N) is 3. The van der Waals surface area contributed by atoms with Gasteiger partial charge in [0, 0.05) is 18.9 Å². The van der Waals surface area contributed by atoms with E-state index < -0.39 is 0 Å². The Morgan fingerprint density at radius 2 is 2.41 bits per heavy atom. The number of aromatic nitrogens is 3. The van der Waals surface area contributed by atoms with Crippen LogP contribution in [0.5, 0.6) is 0 Å². The fourth-order valence-corrected chi connectivity index (χ4v) is 1.51. The summed E-state index contributed by atoms with van der Waals surface area (Å²) in [5.74, 6) is 0.509. The van der Waals surface area contributed by atoms with Crippen LogP contribution < -0.4 is 5.32 Å². The molecule has 0 saturated heterocycles. The molecule has 0 atom stereocenters. The molecule has 17 heavy (non-hydrogen) atoms. The van der Waals surface area contributed by atoms with E-state index in [9.17, 15) is 4.79 Å². The zero-order chi connectivity index (χ0) is 12.1. The zero-order valence-corrected chi connectivity index (χ0v) is 9.59. The van der Waals surface area contributed by atoms with Gasteiger partial charge in [-0.3, -0.25) is 4.79 Å². The van der Waals surface area contributed by atoms with Crippen molar-refractivity contribution in [1.82, 2.24) is 14.6 Å². The lowest BCUT2D eigenvalue weighted by molar-refractivity contribution is -0.142. The van der Waals surface area contributed by atoms with Gasteiger partial charge >= 0.3 is 5.97 Å². The minimum absolute atomic E-state index is 0.208. The molecule has 0 spiro atoms. The summed E-state index contributed by atoms with van der Waals surface area (Å²) in [5, 5.41) is 7.19. The number of rotatable bonds is 5. The van der Waals surface area contributed by atoms with Gasteiger partial charge in [0.15, 0.2) is 5.82 Å². The molecule has 0 aromatic carbocycles. The van der Waals surface area contributed by atoms with Gasteiger partial charge in [0.2, 0.25) is 0 Å². The van der Waals surface area contributed by atoms with Crippen molar-refractivity contribution < 1.29 is 9.53 Å². The van der Waals surface area contributed by atoms with E-state index in [4.69, 9.17) is 4.74 Å².